The van der Waals surface area contributed by atoms with Gasteiger partial charge in [0.15, 0.2) is 0 Å². The molecule has 6 nitrogen and oxygen atoms in total. The minimum atomic E-state index is -3.71. The molecule has 1 rings (SSSR count). The van der Waals surface area contributed by atoms with Gasteiger partial charge >= 0.3 is 0 Å². The predicted octanol–water partition coefficient (Wildman–Crippen LogP) is 1.29. The van der Waals surface area contributed by atoms with Crippen LogP contribution in [0.1, 0.15) is 26.7 Å². The fraction of sp³-hybridized carbons (Fsp3) is 0.429. The first kappa shape index (κ1) is 17.3. The van der Waals surface area contributed by atoms with Crippen molar-refractivity contribution in [3.63, 3.8) is 0 Å². The Morgan fingerprint density at radius 1 is 1.14 bits per heavy atom. The predicted molar refractivity (Wildman–Crippen MR) is 77.4 cm³/mol. The molecule has 1 aromatic rings. The van der Waals surface area contributed by atoms with E-state index >= 15 is 0 Å². The molecule has 0 fully saturated rings. The number of benzene rings is 1. The van der Waals surface area contributed by atoms with E-state index in [-0.39, 0.29) is 16.5 Å². The Bertz CT molecular complexity index is 593. The Balaban J connectivity index is 2.46. The first-order valence-corrected chi connectivity index (χ1v) is 8.03. The maximum Gasteiger partial charge on any atom is 0.238 e. The monoisotopic (exact) mass is 313 g/mol. The number of hydrogen-bond acceptors (Lipinski definition) is 5. The second kappa shape index (κ2) is 7.33. The van der Waals surface area contributed by atoms with E-state index in [4.69, 9.17) is 9.88 Å². The van der Waals surface area contributed by atoms with Gasteiger partial charge in [-0.1, -0.05) is 0 Å². The molecule has 0 radical (unpaired) electrons. The number of carbonyl (C=O) groups excluding carboxylic acids is 2. The average Bonchev–Trinajstić information content (AvgIpc) is 2.37. The lowest BCUT2D eigenvalue weighted by atomic mass is 9.95. The molecule has 0 saturated carbocycles. The molecule has 0 saturated heterocycles. The van der Waals surface area contributed by atoms with Gasteiger partial charge in [0, 0.05) is 0 Å². The van der Waals surface area contributed by atoms with E-state index in [0.717, 1.165) is 0 Å². The van der Waals surface area contributed by atoms with Crippen LogP contribution >= 0.6 is 0 Å². The SMILES string of the molecule is CC(=O)C(CCCOc1ccc(S(N)(=O)=O)cc1)C(C)=O. The molecule has 2 N–H and O–H groups in total. The summed E-state index contributed by atoms with van der Waals surface area (Å²) in [6, 6.07) is 5.73. The third-order valence-electron chi connectivity index (χ3n) is 3.04. The van der Waals surface area contributed by atoms with E-state index in [1.165, 1.54) is 38.1 Å². The summed E-state index contributed by atoms with van der Waals surface area (Å²) in [5.41, 5.74) is 0. The van der Waals surface area contributed by atoms with Crippen molar-refractivity contribution in [2.45, 2.75) is 31.6 Å². The van der Waals surface area contributed by atoms with Crippen molar-refractivity contribution in [2.75, 3.05) is 6.61 Å². The molecule has 0 spiro atoms. The second-order valence-corrected chi connectivity index (χ2v) is 6.34. The Morgan fingerprint density at radius 2 is 1.67 bits per heavy atom. The van der Waals surface area contributed by atoms with Crippen molar-refractivity contribution < 1.29 is 22.7 Å². The van der Waals surface area contributed by atoms with Crippen LogP contribution in [0.5, 0.6) is 5.75 Å². The summed E-state index contributed by atoms with van der Waals surface area (Å²) in [5.74, 6) is -0.344. The Hall–Kier alpha value is -1.73. The van der Waals surface area contributed by atoms with Crippen LogP contribution < -0.4 is 9.88 Å². The molecule has 0 aliphatic heterocycles. The van der Waals surface area contributed by atoms with Crippen LogP contribution in [0, 0.1) is 5.92 Å². The molecule has 0 heterocycles. The standard InChI is InChI=1S/C14H19NO5S/c1-10(16)14(11(2)17)4-3-9-20-12-5-7-13(8-6-12)21(15,18)19/h5-8,14H,3-4,9H2,1-2H3,(H2,15,18,19). The molecule has 7 heteroatoms. The third kappa shape index (κ3) is 5.65. The van der Waals surface area contributed by atoms with Gasteiger partial charge in [-0.15, -0.1) is 0 Å². The van der Waals surface area contributed by atoms with E-state index in [9.17, 15) is 18.0 Å². The minimum Gasteiger partial charge on any atom is -0.494 e. The minimum absolute atomic E-state index is 0.0167. The Kier molecular flexibility index (Phi) is 6.04. The van der Waals surface area contributed by atoms with Crippen molar-refractivity contribution in [3.05, 3.63) is 24.3 Å². The van der Waals surface area contributed by atoms with Crippen LogP contribution in [0.2, 0.25) is 0 Å². The average molecular weight is 313 g/mol. The lowest BCUT2D eigenvalue weighted by molar-refractivity contribution is -0.130. The first-order chi connectivity index (χ1) is 9.71. The van der Waals surface area contributed by atoms with Gasteiger partial charge < -0.3 is 4.74 Å². The lowest BCUT2D eigenvalue weighted by Crippen LogP contribution is -2.20. The maximum atomic E-state index is 11.3. The number of rotatable bonds is 8. The van der Waals surface area contributed by atoms with Crippen LogP contribution in [0.15, 0.2) is 29.2 Å². The van der Waals surface area contributed by atoms with E-state index in [0.29, 0.717) is 25.2 Å². The zero-order chi connectivity index (χ0) is 16.0. The molecule has 0 aromatic heterocycles. The molecular formula is C14H19NO5S. The molecule has 0 aliphatic carbocycles. The molecule has 0 amide bonds. The fourth-order valence-corrected chi connectivity index (χ4v) is 2.41. The van der Waals surface area contributed by atoms with E-state index < -0.39 is 15.9 Å². The lowest BCUT2D eigenvalue weighted by Gasteiger charge is -2.11. The number of Topliss-reactive ketones (excluding diaryl/α,β-unsaturated/α-hetero) is 2. The normalized spacial score (nSPS) is 11.4. The molecule has 0 atom stereocenters. The zero-order valence-electron chi connectivity index (χ0n) is 12.0. The highest BCUT2D eigenvalue weighted by Crippen LogP contribution is 2.16. The largest absolute Gasteiger partial charge is 0.494 e. The molecule has 21 heavy (non-hydrogen) atoms. The summed E-state index contributed by atoms with van der Waals surface area (Å²) in [6.45, 7) is 3.14. The highest BCUT2D eigenvalue weighted by Gasteiger charge is 2.18. The van der Waals surface area contributed by atoms with Gasteiger partial charge in [0.1, 0.15) is 17.3 Å². The topological polar surface area (TPSA) is 104 Å². The molecule has 116 valence electrons. The van der Waals surface area contributed by atoms with Crippen LogP contribution in [0.3, 0.4) is 0 Å². The van der Waals surface area contributed by atoms with Gasteiger partial charge in [-0.3, -0.25) is 9.59 Å². The quantitative estimate of drug-likeness (QED) is 0.575. The van der Waals surface area contributed by atoms with Gasteiger partial charge in [0.2, 0.25) is 10.0 Å². The summed E-state index contributed by atoms with van der Waals surface area (Å²) >= 11 is 0. The summed E-state index contributed by atoms with van der Waals surface area (Å²) in [5, 5.41) is 4.99. The molecular weight excluding hydrogens is 294 g/mol. The number of ketones is 2. The number of sulfonamides is 1. The van der Waals surface area contributed by atoms with Gasteiger partial charge in [0.25, 0.3) is 0 Å². The summed E-state index contributed by atoms with van der Waals surface area (Å²) in [6.07, 6.45) is 1.00. The number of nitrogens with two attached hydrogens (primary N) is 1. The van der Waals surface area contributed by atoms with Crippen LogP contribution in [0.4, 0.5) is 0 Å². The Labute approximate surface area is 124 Å². The summed E-state index contributed by atoms with van der Waals surface area (Å²) in [7, 11) is -3.71. The summed E-state index contributed by atoms with van der Waals surface area (Å²) < 4.78 is 27.6. The van der Waals surface area contributed by atoms with Crippen molar-refractivity contribution >= 4 is 21.6 Å². The molecule has 0 aliphatic rings. The van der Waals surface area contributed by atoms with Gasteiger partial charge in [0.05, 0.1) is 17.4 Å². The van der Waals surface area contributed by atoms with Gasteiger partial charge in [-0.05, 0) is 51.0 Å². The molecule has 1 aromatic carbocycles. The van der Waals surface area contributed by atoms with E-state index in [2.05, 4.69) is 0 Å². The fourth-order valence-electron chi connectivity index (χ4n) is 1.90. The van der Waals surface area contributed by atoms with Crippen molar-refractivity contribution in [3.8, 4) is 5.75 Å². The number of hydrogen-bond donors (Lipinski definition) is 1. The Morgan fingerprint density at radius 3 is 2.10 bits per heavy atom. The van der Waals surface area contributed by atoms with Crippen molar-refractivity contribution in [1.29, 1.82) is 0 Å². The maximum absolute atomic E-state index is 11.3. The number of carbonyl (C=O) groups is 2. The highest BCUT2D eigenvalue weighted by atomic mass is 32.2. The summed E-state index contributed by atoms with van der Waals surface area (Å²) in [4.78, 5) is 22.5. The first-order valence-electron chi connectivity index (χ1n) is 6.48. The smallest absolute Gasteiger partial charge is 0.238 e. The molecule has 0 bridgehead atoms. The third-order valence-corrected chi connectivity index (χ3v) is 3.97. The van der Waals surface area contributed by atoms with Crippen LogP contribution in [0.25, 0.3) is 0 Å². The molecule has 0 unspecified atom stereocenters. The van der Waals surface area contributed by atoms with Gasteiger partial charge in [-0.25, -0.2) is 13.6 Å². The van der Waals surface area contributed by atoms with Crippen molar-refractivity contribution in [2.24, 2.45) is 11.1 Å². The van der Waals surface area contributed by atoms with Crippen LogP contribution in [-0.2, 0) is 19.6 Å². The second-order valence-electron chi connectivity index (χ2n) is 4.78. The number of ether oxygens (including phenoxy) is 1. The highest BCUT2D eigenvalue weighted by molar-refractivity contribution is 7.89. The van der Waals surface area contributed by atoms with E-state index in [1.807, 2.05) is 0 Å². The van der Waals surface area contributed by atoms with Crippen molar-refractivity contribution in [1.82, 2.24) is 0 Å². The number of primary sulfonamides is 1. The van der Waals surface area contributed by atoms with Gasteiger partial charge in [-0.2, -0.15) is 0 Å². The van der Waals surface area contributed by atoms with E-state index in [1.54, 1.807) is 0 Å². The zero-order valence-corrected chi connectivity index (χ0v) is 12.9. The van der Waals surface area contributed by atoms with Crippen LogP contribution in [-0.4, -0.2) is 26.6 Å².